The van der Waals surface area contributed by atoms with Gasteiger partial charge in [-0.1, -0.05) is 0 Å². The molecular formula is C14H19N5O3. The van der Waals surface area contributed by atoms with Crippen LogP contribution in [-0.2, 0) is 16.1 Å². The summed E-state index contributed by atoms with van der Waals surface area (Å²) in [4.78, 5) is 24.1. The Hall–Kier alpha value is -2.64. The number of anilines is 1. The number of carbonyl (C=O) groups is 2. The van der Waals surface area contributed by atoms with Gasteiger partial charge in [0.1, 0.15) is 6.04 Å². The normalized spacial score (nSPS) is 12.0. The molecule has 0 aliphatic heterocycles. The molecular weight excluding hydrogens is 286 g/mol. The van der Waals surface area contributed by atoms with Crippen molar-refractivity contribution in [2.24, 2.45) is 0 Å². The number of amides is 1. The third-order valence-electron chi connectivity index (χ3n) is 3.34. The van der Waals surface area contributed by atoms with Crippen LogP contribution in [0.2, 0.25) is 0 Å². The van der Waals surface area contributed by atoms with Crippen molar-refractivity contribution < 1.29 is 14.3 Å². The molecule has 0 aromatic carbocycles. The van der Waals surface area contributed by atoms with Gasteiger partial charge < -0.3 is 10.1 Å². The number of ether oxygens (including phenoxy) is 1. The Morgan fingerprint density at radius 2 is 2.18 bits per heavy atom. The maximum Gasteiger partial charge on any atom is 0.360 e. The third-order valence-corrected chi connectivity index (χ3v) is 3.34. The molecule has 1 unspecified atom stereocenters. The predicted octanol–water partition coefficient (Wildman–Crippen LogP) is 1.39. The van der Waals surface area contributed by atoms with Crippen molar-refractivity contribution in [3.8, 4) is 0 Å². The molecule has 0 aliphatic rings. The van der Waals surface area contributed by atoms with Crippen LogP contribution < -0.4 is 5.32 Å². The topological polar surface area (TPSA) is 91.0 Å². The van der Waals surface area contributed by atoms with Crippen LogP contribution in [0.4, 0.5) is 5.69 Å². The zero-order chi connectivity index (χ0) is 16.3. The van der Waals surface area contributed by atoms with Crippen molar-refractivity contribution in [1.82, 2.24) is 19.6 Å². The number of hydrogen-bond donors (Lipinski definition) is 1. The van der Waals surface area contributed by atoms with E-state index in [0.717, 1.165) is 5.69 Å². The van der Waals surface area contributed by atoms with E-state index in [1.807, 2.05) is 19.9 Å². The minimum Gasteiger partial charge on any atom is -0.464 e. The molecule has 0 aliphatic carbocycles. The third kappa shape index (κ3) is 3.00. The number of aryl methyl sites for hydroxylation is 2. The molecule has 2 rings (SSSR count). The summed E-state index contributed by atoms with van der Waals surface area (Å²) in [6.45, 7) is 6.06. The van der Waals surface area contributed by atoms with Crippen molar-refractivity contribution in [3.05, 3.63) is 29.8 Å². The fourth-order valence-corrected chi connectivity index (χ4v) is 2.06. The highest BCUT2D eigenvalue weighted by atomic mass is 16.5. The predicted molar refractivity (Wildman–Crippen MR) is 79.5 cm³/mol. The van der Waals surface area contributed by atoms with Crippen LogP contribution in [0.5, 0.6) is 0 Å². The monoisotopic (exact) mass is 305 g/mol. The molecule has 2 aromatic heterocycles. The lowest BCUT2D eigenvalue weighted by molar-refractivity contribution is -0.119. The summed E-state index contributed by atoms with van der Waals surface area (Å²) in [6, 6.07) is 1.31. The van der Waals surface area contributed by atoms with Gasteiger partial charge in [-0.2, -0.15) is 10.2 Å². The maximum atomic E-state index is 12.4. The second kappa shape index (κ2) is 6.42. The first-order chi connectivity index (χ1) is 10.5. The quantitative estimate of drug-likeness (QED) is 0.843. The molecule has 2 aromatic rings. The second-order valence-corrected chi connectivity index (χ2v) is 4.82. The van der Waals surface area contributed by atoms with Gasteiger partial charge in [0.2, 0.25) is 5.91 Å². The van der Waals surface area contributed by atoms with Gasteiger partial charge in [-0.15, -0.1) is 0 Å². The second-order valence-electron chi connectivity index (χ2n) is 4.82. The molecule has 8 nitrogen and oxygen atoms in total. The minimum atomic E-state index is -0.592. The molecule has 1 N–H and O–H groups in total. The summed E-state index contributed by atoms with van der Waals surface area (Å²) in [6.07, 6.45) is 3.24. The average Bonchev–Trinajstić information content (AvgIpc) is 3.11. The van der Waals surface area contributed by atoms with Crippen LogP contribution in [0.25, 0.3) is 0 Å². The first-order valence-electron chi connectivity index (χ1n) is 6.94. The Kier molecular flexibility index (Phi) is 4.59. The van der Waals surface area contributed by atoms with Gasteiger partial charge in [0.05, 0.1) is 12.8 Å². The molecule has 0 saturated heterocycles. The minimum absolute atomic E-state index is 0.0853. The highest BCUT2D eigenvalue weighted by molar-refractivity contribution is 6.00. The number of nitrogens with zero attached hydrogens (tertiary/aromatic N) is 4. The zero-order valence-corrected chi connectivity index (χ0v) is 13.0. The number of carbonyl (C=O) groups excluding carboxylic acids is 2. The van der Waals surface area contributed by atoms with Crippen LogP contribution in [0.3, 0.4) is 0 Å². The summed E-state index contributed by atoms with van der Waals surface area (Å²) in [5.74, 6) is -0.877. The summed E-state index contributed by atoms with van der Waals surface area (Å²) in [5.41, 5.74) is 1.29. The first-order valence-corrected chi connectivity index (χ1v) is 6.94. The average molecular weight is 305 g/mol. The lowest BCUT2D eigenvalue weighted by Crippen LogP contribution is -2.25. The number of esters is 1. The lowest BCUT2D eigenvalue weighted by Gasteiger charge is -2.14. The Morgan fingerprint density at radius 1 is 1.45 bits per heavy atom. The molecule has 118 valence electrons. The van der Waals surface area contributed by atoms with Crippen LogP contribution in [0.1, 0.15) is 36.1 Å². The molecule has 0 radical (unpaired) electrons. The summed E-state index contributed by atoms with van der Waals surface area (Å²) in [5, 5.41) is 10.9. The van der Waals surface area contributed by atoms with E-state index < -0.39 is 12.0 Å². The van der Waals surface area contributed by atoms with E-state index in [-0.39, 0.29) is 11.6 Å². The van der Waals surface area contributed by atoms with Crippen LogP contribution >= 0.6 is 0 Å². The van der Waals surface area contributed by atoms with Crippen LogP contribution in [-0.4, -0.2) is 38.5 Å². The highest BCUT2D eigenvalue weighted by Gasteiger charge is 2.22. The molecule has 0 bridgehead atoms. The van der Waals surface area contributed by atoms with Crippen molar-refractivity contribution in [2.75, 3.05) is 12.4 Å². The summed E-state index contributed by atoms with van der Waals surface area (Å²) in [7, 11) is 1.27. The molecule has 1 atom stereocenters. The SMILES string of the molecule is CCn1cc(NC(=O)C(C)n2nccc2C)c(C(=O)OC)n1. The zero-order valence-electron chi connectivity index (χ0n) is 13.0. The largest absolute Gasteiger partial charge is 0.464 e. The Labute approximate surface area is 128 Å². The maximum absolute atomic E-state index is 12.4. The number of hydrogen-bond acceptors (Lipinski definition) is 5. The molecule has 8 heteroatoms. The molecule has 0 fully saturated rings. The molecule has 1 amide bonds. The van der Waals surface area contributed by atoms with Crippen molar-refractivity contribution in [3.63, 3.8) is 0 Å². The fraction of sp³-hybridized carbons (Fsp3) is 0.429. The number of nitrogens with one attached hydrogen (secondary N) is 1. The molecule has 0 spiro atoms. The molecule has 2 heterocycles. The van der Waals surface area contributed by atoms with Gasteiger partial charge in [-0.05, 0) is 26.8 Å². The molecule has 0 saturated carbocycles. The number of rotatable bonds is 5. The Bertz CT molecular complexity index is 688. The van der Waals surface area contributed by atoms with E-state index in [9.17, 15) is 9.59 Å². The summed E-state index contributed by atoms with van der Waals surface area (Å²) < 4.78 is 7.85. The van der Waals surface area contributed by atoms with E-state index in [2.05, 4.69) is 20.3 Å². The van der Waals surface area contributed by atoms with Gasteiger partial charge in [0.25, 0.3) is 0 Å². The number of aromatic nitrogens is 4. The van der Waals surface area contributed by atoms with E-state index in [4.69, 9.17) is 0 Å². The number of methoxy groups -OCH3 is 1. The van der Waals surface area contributed by atoms with Gasteiger partial charge in [-0.25, -0.2) is 4.79 Å². The van der Waals surface area contributed by atoms with E-state index >= 15 is 0 Å². The summed E-state index contributed by atoms with van der Waals surface area (Å²) >= 11 is 0. The first kappa shape index (κ1) is 15.7. The van der Waals surface area contributed by atoms with E-state index in [1.165, 1.54) is 7.11 Å². The van der Waals surface area contributed by atoms with Crippen molar-refractivity contribution in [2.45, 2.75) is 33.4 Å². The van der Waals surface area contributed by atoms with E-state index in [1.54, 1.807) is 28.7 Å². The fourth-order valence-electron chi connectivity index (χ4n) is 2.06. The van der Waals surface area contributed by atoms with Gasteiger partial charge in [0, 0.05) is 24.6 Å². The van der Waals surface area contributed by atoms with Gasteiger partial charge in [0.15, 0.2) is 5.69 Å². The van der Waals surface area contributed by atoms with Crippen LogP contribution in [0.15, 0.2) is 18.5 Å². The smallest absolute Gasteiger partial charge is 0.360 e. The van der Waals surface area contributed by atoms with Gasteiger partial charge in [-0.3, -0.25) is 14.2 Å². The molecule has 22 heavy (non-hydrogen) atoms. The van der Waals surface area contributed by atoms with E-state index in [0.29, 0.717) is 12.2 Å². The van der Waals surface area contributed by atoms with Gasteiger partial charge >= 0.3 is 5.97 Å². The Balaban J connectivity index is 2.23. The highest BCUT2D eigenvalue weighted by Crippen LogP contribution is 2.18. The van der Waals surface area contributed by atoms with Crippen LogP contribution in [0, 0.1) is 6.92 Å². The van der Waals surface area contributed by atoms with Crippen molar-refractivity contribution in [1.29, 1.82) is 0 Å². The van der Waals surface area contributed by atoms with Crippen molar-refractivity contribution >= 4 is 17.6 Å². The standard InChI is InChI=1S/C14H19N5O3/c1-5-18-8-11(12(17-18)14(21)22-4)16-13(20)10(3)19-9(2)6-7-15-19/h6-8,10H,5H2,1-4H3,(H,16,20). The lowest BCUT2D eigenvalue weighted by atomic mass is 10.3. The Morgan fingerprint density at radius 3 is 2.73 bits per heavy atom.